The monoisotopic (exact) mass is 520 g/mol. The lowest BCUT2D eigenvalue weighted by atomic mass is 9.83. The summed E-state index contributed by atoms with van der Waals surface area (Å²) in [4.78, 5) is 0. The Labute approximate surface area is 225 Å². The van der Waals surface area contributed by atoms with Gasteiger partial charge in [0.2, 0.25) is 5.82 Å². The van der Waals surface area contributed by atoms with Gasteiger partial charge in [-0.25, -0.2) is 8.78 Å². The average Bonchev–Trinajstić information content (AvgIpc) is 2.94. The number of halogens is 3. The molecule has 0 spiro atoms. The molecule has 3 aromatic carbocycles. The molecular formula is C34H39F3O. The van der Waals surface area contributed by atoms with Crippen LogP contribution in [0.5, 0.6) is 5.75 Å². The zero-order valence-electron chi connectivity index (χ0n) is 22.7. The molecule has 0 radical (unpaired) electrons. The van der Waals surface area contributed by atoms with Gasteiger partial charge in [0.15, 0.2) is 11.6 Å². The number of hydrogen-bond donors (Lipinski definition) is 0. The Morgan fingerprint density at radius 3 is 2.05 bits per heavy atom. The van der Waals surface area contributed by atoms with Crippen molar-refractivity contribution in [1.82, 2.24) is 0 Å². The van der Waals surface area contributed by atoms with E-state index in [1.807, 2.05) is 12.1 Å². The second-order valence-electron chi connectivity index (χ2n) is 10.4. The molecule has 1 aliphatic carbocycles. The molecule has 0 saturated carbocycles. The van der Waals surface area contributed by atoms with E-state index in [1.54, 1.807) is 30.3 Å². The van der Waals surface area contributed by atoms with Gasteiger partial charge in [-0.2, -0.15) is 4.39 Å². The zero-order valence-corrected chi connectivity index (χ0v) is 22.7. The van der Waals surface area contributed by atoms with Crippen molar-refractivity contribution in [3.8, 4) is 28.0 Å². The van der Waals surface area contributed by atoms with Crippen molar-refractivity contribution >= 4 is 5.57 Å². The first-order valence-corrected chi connectivity index (χ1v) is 14.2. The number of benzene rings is 3. The summed E-state index contributed by atoms with van der Waals surface area (Å²) in [6.07, 6.45) is 13.5. The molecule has 0 aliphatic heterocycles. The summed E-state index contributed by atoms with van der Waals surface area (Å²) in [5.74, 6) is -1.51. The maximum atomic E-state index is 15.2. The first-order chi connectivity index (χ1) is 18.5. The topological polar surface area (TPSA) is 9.23 Å². The smallest absolute Gasteiger partial charge is 0.201 e. The van der Waals surface area contributed by atoms with Crippen molar-refractivity contribution in [2.75, 3.05) is 6.61 Å². The Morgan fingerprint density at radius 1 is 0.737 bits per heavy atom. The summed E-state index contributed by atoms with van der Waals surface area (Å²) in [7, 11) is 0. The summed E-state index contributed by atoms with van der Waals surface area (Å²) >= 11 is 0. The number of unbranched alkanes of at least 4 members (excludes halogenated alkanes) is 4. The standard InChI is InChI=1S/C34H39F3O/c1-3-5-7-9-24-10-12-25(13-11-24)28-18-19-29(31(35)23-28)26-14-16-27(17-15-26)30-20-21-32(34(37)33(30)36)38-22-8-6-4-2/h12,14-21,23-24H,3-11,13,22H2,1-2H3. The van der Waals surface area contributed by atoms with Crippen LogP contribution < -0.4 is 4.74 Å². The van der Waals surface area contributed by atoms with Gasteiger partial charge in [0.05, 0.1) is 6.61 Å². The molecule has 0 aromatic heterocycles. The Kier molecular flexibility index (Phi) is 10.1. The van der Waals surface area contributed by atoms with E-state index < -0.39 is 11.6 Å². The van der Waals surface area contributed by atoms with E-state index >= 15 is 4.39 Å². The van der Waals surface area contributed by atoms with Crippen LogP contribution in [0.3, 0.4) is 0 Å². The Morgan fingerprint density at radius 2 is 1.39 bits per heavy atom. The predicted molar refractivity (Wildman–Crippen MR) is 152 cm³/mol. The van der Waals surface area contributed by atoms with Gasteiger partial charge >= 0.3 is 0 Å². The first kappa shape index (κ1) is 28.0. The summed E-state index contributed by atoms with van der Waals surface area (Å²) < 4.78 is 50.0. The summed E-state index contributed by atoms with van der Waals surface area (Å²) in [5.41, 5.74) is 4.06. The van der Waals surface area contributed by atoms with Crippen LogP contribution in [0, 0.1) is 23.4 Å². The number of hydrogen-bond acceptors (Lipinski definition) is 1. The molecule has 0 bridgehead atoms. The molecule has 0 heterocycles. The van der Waals surface area contributed by atoms with Crippen LogP contribution in [0.25, 0.3) is 27.8 Å². The van der Waals surface area contributed by atoms with Crippen LogP contribution >= 0.6 is 0 Å². The van der Waals surface area contributed by atoms with E-state index in [9.17, 15) is 8.78 Å². The molecule has 0 fully saturated rings. The highest BCUT2D eigenvalue weighted by molar-refractivity contribution is 5.74. The number of rotatable bonds is 12. The van der Waals surface area contributed by atoms with Gasteiger partial charge in [-0.05, 0) is 72.1 Å². The van der Waals surface area contributed by atoms with Crippen LogP contribution in [-0.4, -0.2) is 6.61 Å². The largest absolute Gasteiger partial charge is 0.490 e. The molecule has 0 amide bonds. The van der Waals surface area contributed by atoms with Gasteiger partial charge in [-0.15, -0.1) is 0 Å². The summed E-state index contributed by atoms with van der Waals surface area (Å²) in [6, 6.07) is 15.3. The van der Waals surface area contributed by atoms with Crippen molar-refractivity contribution < 1.29 is 17.9 Å². The highest BCUT2D eigenvalue weighted by atomic mass is 19.2. The third-order valence-corrected chi connectivity index (χ3v) is 7.63. The maximum Gasteiger partial charge on any atom is 0.201 e. The molecule has 1 unspecified atom stereocenters. The molecule has 202 valence electrons. The van der Waals surface area contributed by atoms with Crippen LogP contribution in [0.2, 0.25) is 0 Å². The number of allylic oxidation sites excluding steroid dienone is 2. The zero-order chi connectivity index (χ0) is 26.9. The fraction of sp³-hybridized carbons (Fsp3) is 0.412. The lowest BCUT2D eigenvalue weighted by molar-refractivity contribution is 0.286. The minimum atomic E-state index is -0.978. The second kappa shape index (κ2) is 13.7. The molecule has 4 rings (SSSR count). The first-order valence-electron chi connectivity index (χ1n) is 14.2. The minimum Gasteiger partial charge on any atom is -0.490 e. The predicted octanol–water partition coefficient (Wildman–Crippen LogP) is 10.8. The third kappa shape index (κ3) is 6.89. The average molecular weight is 521 g/mol. The molecular weight excluding hydrogens is 481 g/mol. The van der Waals surface area contributed by atoms with Crippen LogP contribution in [0.4, 0.5) is 13.2 Å². The van der Waals surface area contributed by atoms with Crippen molar-refractivity contribution in [3.63, 3.8) is 0 Å². The van der Waals surface area contributed by atoms with Gasteiger partial charge in [0.25, 0.3) is 0 Å². The summed E-state index contributed by atoms with van der Waals surface area (Å²) in [5, 5.41) is 0. The molecule has 1 aliphatic rings. The third-order valence-electron chi connectivity index (χ3n) is 7.63. The highest BCUT2D eigenvalue weighted by Crippen LogP contribution is 2.36. The van der Waals surface area contributed by atoms with Gasteiger partial charge in [-0.3, -0.25) is 0 Å². The van der Waals surface area contributed by atoms with Crippen molar-refractivity contribution in [1.29, 1.82) is 0 Å². The highest BCUT2D eigenvalue weighted by Gasteiger charge is 2.18. The Balaban J connectivity index is 1.44. The molecule has 0 saturated heterocycles. The second-order valence-corrected chi connectivity index (χ2v) is 10.4. The lowest BCUT2D eigenvalue weighted by Crippen LogP contribution is -2.05. The van der Waals surface area contributed by atoms with Crippen LogP contribution in [0.15, 0.2) is 60.7 Å². The fourth-order valence-electron chi connectivity index (χ4n) is 5.27. The van der Waals surface area contributed by atoms with Gasteiger partial charge in [-0.1, -0.05) is 94.8 Å². The van der Waals surface area contributed by atoms with E-state index in [0.29, 0.717) is 23.3 Å². The van der Waals surface area contributed by atoms with E-state index in [0.717, 1.165) is 43.6 Å². The van der Waals surface area contributed by atoms with Crippen molar-refractivity contribution in [2.24, 2.45) is 5.92 Å². The molecule has 0 N–H and O–H groups in total. The van der Waals surface area contributed by atoms with Gasteiger partial charge in [0.1, 0.15) is 5.82 Å². The van der Waals surface area contributed by atoms with Crippen LogP contribution in [0.1, 0.15) is 83.6 Å². The van der Waals surface area contributed by atoms with Crippen LogP contribution in [-0.2, 0) is 0 Å². The Hall–Kier alpha value is -3.01. The van der Waals surface area contributed by atoms with E-state index in [-0.39, 0.29) is 17.1 Å². The molecule has 38 heavy (non-hydrogen) atoms. The number of ether oxygens (including phenoxy) is 1. The molecule has 4 heteroatoms. The maximum absolute atomic E-state index is 15.2. The van der Waals surface area contributed by atoms with E-state index in [4.69, 9.17) is 4.74 Å². The fourth-order valence-corrected chi connectivity index (χ4v) is 5.27. The van der Waals surface area contributed by atoms with Gasteiger partial charge < -0.3 is 4.74 Å². The van der Waals surface area contributed by atoms with Crippen molar-refractivity contribution in [2.45, 2.75) is 78.1 Å². The Bertz CT molecular complexity index is 1230. The molecule has 1 atom stereocenters. The molecule has 3 aromatic rings. The van der Waals surface area contributed by atoms with E-state index in [1.165, 1.54) is 49.8 Å². The quantitative estimate of drug-likeness (QED) is 0.216. The minimum absolute atomic E-state index is 0.0683. The van der Waals surface area contributed by atoms with Crippen molar-refractivity contribution in [3.05, 3.63) is 83.7 Å². The summed E-state index contributed by atoms with van der Waals surface area (Å²) in [6.45, 7) is 4.67. The molecule has 1 nitrogen and oxygen atoms in total. The normalized spacial score (nSPS) is 15.4. The van der Waals surface area contributed by atoms with Gasteiger partial charge in [0, 0.05) is 11.1 Å². The van der Waals surface area contributed by atoms with E-state index in [2.05, 4.69) is 19.9 Å². The SMILES string of the molecule is CCCCCOc1ccc(-c2ccc(-c3ccc(C4=CCC(CCCCC)CC4)cc3F)cc2)c(F)c1F. The lowest BCUT2D eigenvalue weighted by Gasteiger charge is -2.22.